The van der Waals surface area contributed by atoms with Crippen LogP contribution in [-0.2, 0) is 16.0 Å². The Morgan fingerprint density at radius 2 is 1.91 bits per heavy atom. The van der Waals surface area contributed by atoms with Gasteiger partial charge in [-0.05, 0) is 51.5 Å². The zero-order valence-electron chi connectivity index (χ0n) is 20.1. The number of carbonyl (C=O) groups is 2. The number of benzene rings is 1. The van der Waals surface area contributed by atoms with Gasteiger partial charge in [0, 0.05) is 18.0 Å². The van der Waals surface area contributed by atoms with E-state index in [1.807, 2.05) is 30.3 Å². The summed E-state index contributed by atoms with van der Waals surface area (Å²) < 4.78 is 5.56. The summed E-state index contributed by atoms with van der Waals surface area (Å²) in [6.07, 6.45) is 5.35. The van der Waals surface area contributed by atoms with Gasteiger partial charge in [0.05, 0.1) is 24.2 Å². The molecular weight excluding hydrogens is 444 g/mol. The molecule has 2 fully saturated rings. The van der Waals surface area contributed by atoms with Gasteiger partial charge in [0.2, 0.25) is 5.91 Å². The average Bonchev–Trinajstić information content (AvgIpc) is 3.45. The first-order valence-electron chi connectivity index (χ1n) is 11.7. The van der Waals surface area contributed by atoms with Crippen molar-refractivity contribution in [3.05, 3.63) is 47.9 Å². The maximum atomic E-state index is 13.2. The van der Waals surface area contributed by atoms with Crippen LogP contribution in [0.3, 0.4) is 0 Å². The van der Waals surface area contributed by atoms with Crippen LogP contribution in [0.25, 0.3) is 11.3 Å². The van der Waals surface area contributed by atoms with Gasteiger partial charge in [-0.15, -0.1) is 0 Å². The molecule has 2 amide bonds. The number of aromatic nitrogens is 2. The van der Waals surface area contributed by atoms with Crippen LogP contribution >= 0.6 is 0 Å². The number of fused-ring (bicyclic) bond motifs is 2. The number of hydrogen-bond acceptors (Lipinski definition) is 7. The van der Waals surface area contributed by atoms with Crippen molar-refractivity contribution >= 4 is 12.0 Å². The van der Waals surface area contributed by atoms with Gasteiger partial charge in [-0.1, -0.05) is 24.3 Å². The van der Waals surface area contributed by atoms with Gasteiger partial charge in [0.15, 0.2) is 5.69 Å². The molecule has 9 nitrogen and oxygen atoms in total. The van der Waals surface area contributed by atoms with E-state index in [-0.39, 0.29) is 23.6 Å². The van der Waals surface area contributed by atoms with Crippen molar-refractivity contribution in [2.45, 2.75) is 70.2 Å². The quantitative estimate of drug-likeness (QED) is 0.706. The van der Waals surface area contributed by atoms with Crippen molar-refractivity contribution in [3.8, 4) is 23.4 Å². The zero-order chi connectivity index (χ0) is 25.2. The number of hydrogen-bond donors (Lipinski definition) is 1. The monoisotopic (exact) mass is 472 g/mol. The first kappa shape index (κ1) is 24.2. The number of likely N-dealkylation sites (tertiary alicyclic amines) is 1. The second-order valence-electron chi connectivity index (χ2n) is 10.0. The number of carbonyl (C=O) groups excluding carboxylic acids is 2. The summed E-state index contributed by atoms with van der Waals surface area (Å²) >= 11 is 0. The Bertz CT molecular complexity index is 1170. The molecule has 4 atom stereocenters. The SMILES string of the molecule is CC(C)(C)OC(=O)N1[C@@H]2CC[C@@H](C2)[C@H]1C(=O)N[C@H](C#N)Cc1ccc(-c2cnc(C#N)cn2)cc1. The van der Waals surface area contributed by atoms with Gasteiger partial charge in [-0.25, -0.2) is 9.78 Å². The number of piperidine rings is 1. The second kappa shape index (κ2) is 9.71. The fourth-order valence-electron chi connectivity index (χ4n) is 4.87. The normalized spacial score (nSPS) is 21.6. The van der Waals surface area contributed by atoms with Crippen LogP contribution in [0, 0.1) is 28.6 Å². The Morgan fingerprint density at radius 1 is 1.17 bits per heavy atom. The van der Waals surface area contributed by atoms with Crippen molar-refractivity contribution in [3.63, 3.8) is 0 Å². The Morgan fingerprint density at radius 3 is 2.51 bits per heavy atom. The first-order chi connectivity index (χ1) is 16.7. The van der Waals surface area contributed by atoms with Gasteiger partial charge in [0.25, 0.3) is 0 Å². The summed E-state index contributed by atoms with van der Waals surface area (Å²) in [6.45, 7) is 5.41. The van der Waals surface area contributed by atoms with E-state index in [9.17, 15) is 14.9 Å². The Kier molecular flexibility index (Phi) is 6.70. The summed E-state index contributed by atoms with van der Waals surface area (Å²) in [5.74, 6) is -0.223. The number of nitriles is 2. The van der Waals surface area contributed by atoms with E-state index in [2.05, 4.69) is 21.4 Å². The van der Waals surface area contributed by atoms with Crippen LogP contribution < -0.4 is 5.32 Å². The van der Waals surface area contributed by atoms with E-state index in [4.69, 9.17) is 10.00 Å². The number of rotatable bonds is 5. The predicted molar refractivity (Wildman–Crippen MR) is 126 cm³/mol. The molecule has 1 aliphatic heterocycles. The van der Waals surface area contributed by atoms with Gasteiger partial charge >= 0.3 is 6.09 Å². The maximum Gasteiger partial charge on any atom is 0.411 e. The van der Waals surface area contributed by atoms with Gasteiger partial charge in [0.1, 0.15) is 23.8 Å². The summed E-state index contributed by atoms with van der Waals surface area (Å²) in [5.41, 5.74) is 1.94. The standard InChI is InChI=1S/C26H28N6O3/c1-26(2,3)35-25(34)32-21-9-8-18(11-21)23(32)24(33)31-19(12-27)10-16-4-6-17(7-5-16)22-15-29-20(13-28)14-30-22/h4-7,14-15,18-19,21,23H,8-11H2,1-3H3,(H,31,33)/t18-,19-,21+,23-/m0/s1. The molecule has 9 heteroatoms. The van der Waals surface area contributed by atoms with E-state index < -0.39 is 23.8 Å². The third-order valence-electron chi connectivity index (χ3n) is 6.39. The lowest BCUT2D eigenvalue weighted by atomic mass is 9.97. The number of nitrogens with one attached hydrogen (secondary N) is 1. The molecule has 0 unspecified atom stereocenters. The summed E-state index contributed by atoms with van der Waals surface area (Å²) in [6, 6.07) is 10.2. The highest BCUT2D eigenvalue weighted by molar-refractivity contribution is 5.87. The third kappa shape index (κ3) is 5.41. The largest absolute Gasteiger partial charge is 0.444 e. The van der Waals surface area contributed by atoms with Crippen molar-refractivity contribution in [2.75, 3.05) is 0 Å². The minimum absolute atomic E-state index is 0.00371. The maximum absolute atomic E-state index is 13.2. The van der Waals surface area contributed by atoms with Crippen molar-refractivity contribution < 1.29 is 14.3 Å². The van der Waals surface area contributed by atoms with Crippen LogP contribution in [-0.4, -0.2) is 50.6 Å². The first-order valence-corrected chi connectivity index (χ1v) is 11.7. The molecule has 35 heavy (non-hydrogen) atoms. The lowest BCUT2D eigenvalue weighted by Gasteiger charge is -2.35. The molecule has 2 heterocycles. The molecule has 1 aliphatic carbocycles. The summed E-state index contributed by atoms with van der Waals surface area (Å²) in [4.78, 5) is 35.9. The van der Waals surface area contributed by atoms with Crippen molar-refractivity contribution in [1.82, 2.24) is 20.2 Å². The van der Waals surface area contributed by atoms with Gasteiger partial charge in [-0.2, -0.15) is 10.5 Å². The molecule has 4 rings (SSSR count). The second-order valence-corrected chi connectivity index (χ2v) is 10.0. The average molecular weight is 473 g/mol. The summed E-state index contributed by atoms with van der Waals surface area (Å²) in [5, 5.41) is 21.4. The number of ether oxygens (including phenoxy) is 1. The van der Waals surface area contributed by atoms with Crippen LogP contribution in [0.4, 0.5) is 4.79 Å². The Hall–Kier alpha value is -3.98. The number of nitrogens with zero attached hydrogens (tertiary/aromatic N) is 5. The fourth-order valence-corrected chi connectivity index (χ4v) is 4.87. The highest BCUT2D eigenvalue weighted by atomic mass is 16.6. The Labute approximate surface area is 204 Å². The van der Waals surface area contributed by atoms with Crippen LogP contribution in [0.5, 0.6) is 0 Å². The van der Waals surface area contributed by atoms with Crippen LogP contribution in [0.1, 0.15) is 51.3 Å². The van der Waals surface area contributed by atoms with Crippen LogP contribution in [0.2, 0.25) is 0 Å². The Balaban J connectivity index is 1.41. The van der Waals surface area contributed by atoms with Crippen molar-refractivity contribution in [2.24, 2.45) is 5.92 Å². The minimum atomic E-state index is -0.734. The summed E-state index contributed by atoms with van der Waals surface area (Å²) in [7, 11) is 0. The molecule has 0 spiro atoms. The highest BCUT2D eigenvalue weighted by Gasteiger charge is 2.52. The molecule has 2 bridgehead atoms. The molecule has 0 radical (unpaired) electrons. The topological polar surface area (TPSA) is 132 Å². The molecule has 1 saturated carbocycles. The van der Waals surface area contributed by atoms with E-state index in [1.165, 1.54) is 12.4 Å². The van der Waals surface area contributed by atoms with Gasteiger partial charge < -0.3 is 10.1 Å². The molecule has 2 aliphatic rings. The van der Waals surface area contributed by atoms with E-state index in [1.54, 1.807) is 25.7 Å². The lowest BCUT2D eigenvalue weighted by molar-refractivity contribution is -0.128. The van der Waals surface area contributed by atoms with Crippen LogP contribution in [0.15, 0.2) is 36.7 Å². The molecule has 1 N–H and O–H groups in total. The number of amides is 2. The zero-order valence-corrected chi connectivity index (χ0v) is 20.1. The predicted octanol–water partition coefficient (Wildman–Crippen LogP) is 3.35. The smallest absolute Gasteiger partial charge is 0.411 e. The molecule has 1 aromatic carbocycles. The van der Waals surface area contributed by atoms with E-state index >= 15 is 0 Å². The lowest BCUT2D eigenvalue weighted by Crippen LogP contribution is -2.55. The van der Waals surface area contributed by atoms with E-state index in [0.29, 0.717) is 12.1 Å². The van der Waals surface area contributed by atoms with Crippen molar-refractivity contribution in [1.29, 1.82) is 10.5 Å². The van der Waals surface area contributed by atoms with E-state index in [0.717, 1.165) is 30.4 Å². The fraction of sp³-hybridized carbons (Fsp3) is 0.462. The molecule has 2 aromatic rings. The molecule has 1 aromatic heterocycles. The van der Waals surface area contributed by atoms with Gasteiger partial charge in [-0.3, -0.25) is 14.7 Å². The molecule has 180 valence electrons. The highest BCUT2D eigenvalue weighted by Crippen LogP contribution is 2.43. The molecular formula is C26H28N6O3. The molecule has 1 saturated heterocycles. The minimum Gasteiger partial charge on any atom is -0.444 e. The third-order valence-corrected chi connectivity index (χ3v) is 6.39.